The van der Waals surface area contributed by atoms with Crippen molar-refractivity contribution in [2.45, 2.75) is 67.8 Å². The topological polar surface area (TPSA) is 192 Å². The van der Waals surface area contributed by atoms with Crippen molar-refractivity contribution in [2.75, 3.05) is 6.61 Å². The van der Waals surface area contributed by atoms with Crippen molar-refractivity contribution in [2.24, 2.45) is 0 Å². The van der Waals surface area contributed by atoms with Crippen LogP contribution in [0.2, 0.25) is 0 Å². The number of benzene rings is 1. The Kier molecular flexibility index (Phi) is 10.5. The lowest BCUT2D eigenvalue weighted by molar-refractivity contribution is -0.134. The minimum atomic E-state index is -4.20. The molecular weight excluding hydrogens is 763 g/mol. The highest BCUT2D eigenvalue weighted by molar-refractivity contribution is 7.90. The van der Waals surface area contributed by atoms with Crippen LogP contribution < -0.4 is 5.32 Å². The van der Waals surface area contributed by atoms with E-state index in [9.17, 15) is 53.1 Å². The molecular formula is C29H28F6N10O6S2. The zero-order valence-corrected chi connectivity index (χ0v) is 28.6. The molecule has 7 rings (SSSR count). The average molecular weight is 791 g/mol. The summed E-state index contributed by atoms with van der Waals surface area (Å²) in [6, 6.07) is 3.32. The van der Waals surface area contributed by atoms with Crippen LogP contribution in [0.3, 0.4) is 0 Å². The van der Waals surface area contributed by atoms with Crippen LogP contribution >= 0.6 is 0 Å². The number of aliphatic hydroxyl groups excluding tert-OH is 1. The maximum absolute atomic E-state index is 14.1. The van der Waals surface area contributed by atoms with Gasteiger partial charge in [0.15, 0.2) is 11.6 Å². The van der Waals surface area contributed by atoms with E-state index in [0.717, 1.165) is 49.9 Å². The Morgan fingerprint density at radius 3 is 1.89 bits per heavy atom. The second-order valence-electron chi connectivity index (χ2n) is 11.7. The molecule has 1 atom stereocenters. The van der Waals surface area contributed by atoms with Gasteiger partial charge in [-0.1, -0.05) is 12.1 Å². The van der Waals surface area contributed by atoms with Gasteiger partial charge in [0.25, 0.3) is 32.9 Å². The molecule has 4 aromatic heterocycles. The molecule has 0 aliphatic carbocycles. The summed E-state index contributed by atoms with van der Waals surface area (Å²) in [5.74, 6) is -4.41. The Labute approximate surface area is 296 Å². The molecule has 0 fully saturated rings. The Hall–Kier alpha value is -5.07. The van der Waals surface area contributed by atoms with Gasteiger partial charge >= 0.3 is 0 Å². The highest BCUT2D eigenvalue weighted by Crippen LogP contribution is 2.29. The van der Waals surface area contributed by atoms with Gasteiger partial charge in [-0.2, -0.15) is 45.4 Å². The molecule has 0 saturated carbocycles. The largest absolute Gasteiger partial charge is 0.395 e. The van der Waals surface area contributed by atoms with E-state index in [0.29, 0.717) is 28.4 Å². The molecule has 6 heterocycles. The van der Waals surface area contributed by atoms with Gasteiger partial charge in [0.2, 0.25) is 5.91 Å². The van der Waals surface area contributed by atoms with E-state index in [1.807, 2.05) is 0 Å². The molecule has 284 valence electrons. The lowest BCUT2D eigenvalue weighted by atomic mass is 9.97. The minimum Gasteiger partial charge on any atom is -0.395 e. The predicted molar refractivity (Wildman–Crippen MR) is 167 cm³/mol. The smallest absolute Gasteiger partial charge is 0.286 e. The third-order valence-electron chi connectivity index (χ3n) is 8.13. The lowest BCUT2D eigenvalue weighted by Gasteiger charge is -2.22. The number of amides is 1. The van der Waals surface area contributed by atoms with Crippen LogP contribution in [-0.4, -0.2) is 90.1 Å². The monoisotopic (exact) mass is 790 g/mol. The van der Waals surface area contributed by atoms with Gasteiger partial charge in [-0.15, -0.1) is 0 Å². The van der Waals surface area contributed by atoms with Crippen LogP contribution in [0.15, 0.2) is 65.2 Å². The molecule has 0 spiro atoms. The summed E-state index contributed by atoms with van der Waals surface area (Å²) in [6.07, 6.45) is 1.32. The molecule has 0 bridgehead atoms. The van der Waals surface area contributed by atoms with Crippen LogP contribution in [0.4, 0.5) is 26.3 Å². The summed E-state index contributed by atoms with van der Waals surface area (Å²) < 4.78 is 130. The summed E-state index contributed by atoms with van der Waals surface area (Å²) in [4.78, 5) is 13.6. The van der Waals surface area contributed by atoms with E-state index in [-0.39, 0.29) is 34.1 Å². The number of rotatable bonds is 11. The van der Waals surface area contributed by atoms with Gasteiger partial charge in [0.1, 0.15) is 22.9 Å². The summed E-state index contributed by atoms with van der Waals surface area (Å²) in [6.45, 7) is -1.27. The number of nitrogens with zero attached hydrogens (tertiary/aromatic N) is 9. The molecule has 0 saturated heterocycles. The van der Waals surface area contributed by atoms with E-state index in [4.69, 9.17) is 0 Å². The van der Waals surface area contributed by atoms with Crippen molar-refractivity contribution in [1.29, 1.82) is 0 Å². The van der Waals surface area contributed by atoms with Crippen LogP contribution in [0.1, 0.15) is 34.0 Å². The Morgan fingerprint density at radius 2 is 1.36 bits per heavy atom. The fourth-order valence-electron chi connectivity index (χ4n) is 5.54. The number of hydrogen-bond acceptors (Lipinski definition) is 11. The SMILES string of the molecule is O=C([C@@H](CO)c1cccc(F)c1F)N1Cc2cn(S(=O)(=O)c3cnn(CC(F)F)c3)nc2C1.O=S(=O)(c1cnn(CC(F)F)c1)n1cc2c(n1)CNC2. The summed E-state index contributed by atoms with van der Waals surface area (Å²) in [7, 11) is -8.08. The number of carbonyl (C=O) groups is 1. The summed E-state index contributed by atoms with van der Waals surface area (Å²) >= 11 is 0. The summed E-state index contributed by atoms with van der Waals surface area (Å²) in [5, 5.41) is 27.9. The van der Waals surface area contributed by atoms with E-state index < -0.39 is 76.1 Å². The molecule has 5 aromatic rings. The Morgan fingerprint density at radius 1 is 0.792 bits per heavy atom. The zero-order chi connectivity index (χ0) is 38.2. The fraction of sp³-hybridized carbons (Fsp3) is 0.345. The number of aliphatic hydroxyl groups is 1. The van der Waals surface area contributed by atoms with Crippen LogP contribution in [0, 0.1) is 11.6 Å². The average Bonchev–Trinajstić information content (AvgIpc) is 3.92. The number of alkyl halides is 4. The van der Waals surface area contributed by atoms with E-state index in [1.165, 1.54) is 29.4 Å². The Balaban J connectivity index is 0.000000204. The molecule has 0 unspecified atom stereocenters. The van der Waals surface area contributed by atoms with Gasteiger partial charge in [-0.05, 0) is 6.07 Å². The first-order chi connectivity index (χ1) is 25.1. The minimum absolute atomic E-state index is 0.0677. The highest BCUT2D eigenvalue weighted by Gasteiger charge is 2.35. The molecule has 1 aromatic carbocycles. The molecule has 0 radical (unpaired) electrons. The van der Waals surface area contributed by atoms with Crippen molar-refractivity contribution < 1.29 is 53.1 Å². The normalized spacial score (nSPS) is 14.8. The van der Waals surface area contributed by atoms with E-state index >= 15 is 0 Å². The first-order valence-corrected chi connectivity index (χ1v) is 18.3. The zero-order valence-electron chi connectivity index (χ0n) is 27.0. The molecule has 2 aliphatic heterocycles. The molecule has 53 heavy (non-hydrogen) atoms. The van der Waals surface area contributed by atoms with Gasteiger partial charge in [-0.3, -0.25) is 14.2 Å². The van der Waals surface area contributed by atoms with Gasteiger partial charge in [0.05, 0.1) is 42.9 Å². The standard InChI is InChI=1S/C19H17F4N5O4S.C10H11F2N5O2S/c20-15-3-1-2-13(18(15)23)14(10-29)19(30)26-5-11-6-28(25-16(11)8-26)33(31,32)12-4-24-27(7-12)9-17(21)22;11-10(12)6-16-5-8(2-14-16)20(18,19)17-4-7-1-13-3-9(7)15-17/h1-4,6-7,14,17,29H,5,8-10H2;2,4-5,10,13H,1,3,6H2/t14-;/m0./s1. The number of halogens is 6. The second-order valence-corrected chi connectivity index (χ2v) is 15.3. The fourth-order valence-corrected chi connectivity index (χ4v) is 7.78. The third kappa shape index (κ3) is 7.70. The lowest BCUT2D eigenvalue weighted by Crippen LogP contribution is -2.33. The quantitative estimate of drug-likeness (QED) is 0.185. The molecule has 24 heteroatoms. The van der Waals surface area contributed by atoms with Crippen LogP contribution in [0.5, 0.6) is 0 Å². The number of nitrogens with one attached hydrogen (secondary N) is 1. The van der Waals surface area contributed by atoms with E-state index in [1.54, 1.807) is 0 Å². The molecule has 1 amide bonds. The number of carbonyl (C=O) groups excluding carboxylic acids is 1. The predicted octanol–water partition coefficient (Wildman–Crippen LogP) is 1.66. The first kappa shape index (κ1) is 37.7. The van der Waals surface area contributed by atoms with Crippen LogP contribution in [0.25, 0.3) is 0 Å². The maximum Gasteiger partial charge on any atom is 0.286 e. The highest BCUT2D eigenvalue weighted by atomic mass is 32.2. The third-order valence-corrected chi connectivity index (χ3v) is 11.1. The first-order valence-electron chi connectivity index (χ1n) is 15.4. The van der Waals surface area contributed by atoms with E-state index in [2.05, 4.69) is 25.7 Å². The number of fused-ring (bicyclic) bond motifs is 2. The molecule has 2 N–H and O–H groups in total. The van der Waals surface area contributed by atoms with Crippen molar-refractivity contribution in [1.82, 2.24) is 48.1 Å². The van der Waals surface area contributed by atoms with Gasteiger partial charge in [0, 0.05) is 61.1 Å². The van der Waals surface area contributed by atoms with Crippen molar-refractivity contribution in [3.8, 4) is 0 Å². The van der Waals surface area contributed by atoms with Gasteiger partial charge < -0.3 is 15.3 Å². The molecule has 16 nitrogen and oxygen atoms in total. The second kappa shape index (κ2) is 14.7. The van der Waals surface area contributed by atoms with Crippen LogP contribution in [-0.2, 0) is 64.1 Å². The molecule has 2 aliphatic rings. The van der Waals surface area contributed by atoms with Crippen molar-refractivity contribution >= 4 is 26.0 Å². The van der Waals surface area contributed by atoms with Crippen molar-refractivity contribution in [3.63, 3.8) is 0 Å². The number of aromatic nitrogens is 8. The maximum atomic E-state index is 14.1. The Bertz CT molecular complexity index is 2310. The van der Waals surface area contributed by atoms with Crippen molar-refractivity contribution in [3.05, 3.63) is 95.1 Å². The summed E-state index contributed by atoms with van der Waals surface area (Å²) in [5.41, 5.74) is 1.84. The van der Waals surface area contributed by atoms with Gasteiger partial charge in [-0.25, -0.2) is 26.3 Å². The number of hydrogen-bond donors (Lipinski definition) is 2.